The van der Waals surface area contributed by atoms with Gasteiger partial charge in [0.2, 0.25) is 5.89 Å². The van der Waals surface area contributed by atoms with E-state index in [9.17, 15) is 9.18 Å². The number of aryl methyl sites for hydroxylation is 1. The fraction of sp³-hybridized carbons (Fsp3) is 0.308. The van der Waals surface area contributed by atoms with Crippen molar-refractivity contribution < 1.29 is 13.6 Å². The number of pyridine rings is 1. The monoisotopic (exact) mass is 278 g/mol. The molecule has 0 bridgehead atoms. The van der Waals surface area contributed by atoms with Crippen LogP contribution >= 0.6 is 0 Å². The van der Waals surface area contributed by atoms with Gasteiger partial charge < -0.3 is 15.1 Å². The van der Waals surface area contributed by atoms with Crippen molar-refractivity contribution in [1.82, 2.24) is 15.3 Å². The SMILES string of the molecule is CCNc1ncc(F)cc1C(=O)NCc1ncc(C)o1. The number of hydrogen-bond acceptors (Lipinski definition) is 5. The van der Waals surface area contributed by atoms with E-state index in [0.29, 0.717) is 24.0 Å². The van der Waals surface area contributed by atoms with E-state index in [2.05, 4.69) is 20.6 Å². The quantitative estimate of drug-likeness (QED) is 0.873. The first kappa shape index (κ1) is 14.0. The van der Waals surface area contributed by atoms with E-state index in [1.165, 1.54) is 0 Å². The third kappa shape index (κ3) is 3.31. The number of amides is 1. The second-order valence-electron chi connectivity index (χ2n) is 4.13. The second kappa shape index (κ2) is 6.14. The third-order valence-corrected chi connectivity index (χ3v) is 2.51. The highest BCUT2D eigenvalue weighted by molar-refractivity contribution is 5.98. The van der Waals surface area contributed by atoms with Gasteiger partial charge in [0.05, 0.1) is 24.5 Å². The maximum Gasteiger partial charge on any atom is 0.255 e. The van der Waals surface area contributed by atoms with Gasteiger partial charge in [0.25, 0.3) is 5.91 Å². The number of aromatic nitrogens is 2. The minimum Gasteiger partial charge on any atom is -0.444 e. The van der Waals surface area contributed by atoms with Gasteiger partial charge in [-0.3, -0.25) is 4.79 Å². The van der Waals surface area contributed by atoms with Crippen LogP contribution in [0.1, 0.15) is 28.9 Å². The van der Waals surface area contributed by atoms with Gasteiger partial charge in [0.15, 0.2) is 0 Å². The van der Waals surface area contributed by atoms with Crippen molar-refractivity contribution >= 4 is 11.7 Å². The van der Waals surface area contributed by atoms with Crippen LogP contribution in [-0.2, 0) is 6.54 Å². The molecule has 106 valence electrons. The van der Waals surface area contributed by atoms with Crippen LogP contribution in [0.3, 0.4) is 0 Å². The summed E-state index contributed by atoms with van der Waals surface area (Å²) in [4.78, 5) is 19.9. The molecule has 0 saturated heterocycles. The van der Waals surface area contributed by atoms with Gasteiger partial charge in [-0.25, -0.2) is 14.4 Å². The number of anilines is 1. The summed E-state index contributed by atoms with van der Waals surface area (Å²) in [5.74, 6) is 0.391. The minimum atomic E-state index is -0.566. The maximum absolute atomic E-state index is 13.2. The summed E-state index contributed by atoms with van der Waals surface area (Å²) in [6, 6.07) is 1.14. The molecule has 6 nitrogen and oxygen atoms in total. The number of halogens is 1. The van der Waals surface area contributed by atoms with Crippen LogP contribution in [0, 0.1) is 12.7 Å². The molecule has 0 spiro atoms. The number of carbonyl (C=O) groups is 1. The summed E-state index contributed by atoms with van der Waals surface area (Å²) >= 11 is 0. The van der Waals surface area contributed by atoms with E-state index in [1.807, 2.05) is 6.92 Å². The van der Waals surface area contributed by atoms with Crippen molar-refractivity contribution in [3.8, 4) is 0 Å². The third-order valence-electron chi connectivity index (χ3n) is 2.51. The van der Waals surface area contributed by atoms with Crippen LogP contribution in [0.2, 0.25) is 0 Å². The molecule has 20 heavy (non-hydrogen) atoms. The molecule has 0 atom stereocenters. The molecule has 0 aliphatic heterocycles. The van der Waals surface area contributed by atoms with Gasteiger partial charge in [-0.05, 0) is 19.9 Å². The first-order valence-corrected chi connectivity index (χ1v) is 6.19. The molecule has 0 aliphatic rings. The summed E-state index contributed by atoms with van der Waals surface area (Å²) < 4.78 is 18.5. The van der Waals surface area contributed by atoms with Gasteiger partial charge >= 0.3 is 0 Å². The number of oxazole rings is 1. The average Bonchev–Trinajstić information content (AvgIpc) is 2.84. The largest absolute Gasteiger partial charge is 0.444 e. The van der Waals surface area contributed by atoms with Gasteiger partial charge in [-0.15, -0.1) is 0 Å². The standard InChI is InChI=1S/C13H15FN4O2/c1-3-15-12-10(4-9(14)6-17-12)13(19)18-7-11-16-5-8(2)20-11/h4-6H,3,7H2,1-2H3,(H,15,17)(H,18,19). The highest BCUT2D eigenvalue weighted by Gasteiger charge is 2.14. The Kier molecular flexibility index (Phi) is 4.29. The lowest BCUT2D eigenvalue weighted by molar-refractivity contribution is 0.0947. The van der Waals surface area contributed by atoms with Crippen LogP contribution < -0.4 is 10.6 Å². The first-order valence-electron chi connectivity index (χ1n) is 6.19. The summed E-state index contributed by atoms with van der Waals surface area (Å²) in [6.45, 7) is 4.34. The lowest BCUT2D eigenvalue weighted by atomic mass is 10.2. The summed E-state index contributed by atoms with van der Waals surface area (Å²) in [6.07, 6.45) is 2.63. The smallest absolute Gasteiger partial charge is 0.255 e. The molecule has 0 saturated carbocycles. The van der Waals surface area contributed by atoms with E-state index in [4.69, 9.17) is 4.42 Å². The topological polar surface area (TPSA) is 80.0 Å². The second-order valence-corrected chi connectivity index (χ2v) is 4.13. The lowest BCUT2D eigenvalue weighted by Crippen LogP contribution is -2.24. The van der Waals surface area contributed by atoms with Gasteiger partial charge in [0.1, 0.15) is 17.4 Å². The van der Waals surface area contributed by atoms with Crippen molar-refractivity contribution in [3.63, 3.8) is 0 Å². The highest BCUT2D eigenvalue weighted by Crippen LogP contribution is 2.13. The zero-order chi connectivity index (χ0) is 14.5. The molecule has 0 unspecified atom stereocenters. The van der Waals surface area contributed by atoms with Crippen LogP contribution in [-0.4, -0.2) is 22.4 Å². The molecular weight excluding hydrogens is 263 g/mol. The van der Waals surface area contributed by atoms with Crippen molar-refractivity contribution in [1.29, 1.82) is 0 Å². The Morgan fingerprint density at radius 2 is 2.20 bits per heavy atom. The Balaban J connectivity index is 2.09. The normalized spacial score (nSPS) is 10.3. The molecule has 0 fully saturated rings. The summed E-state index contributed by atoms with van der Waals surface area (Å²) in [5, 5.41) is 5.52. The Morgan fingerprint density at radius 1 is 1.40 bits per heavy atom. The van der Waals surface area contributed by atoms with Gasteiger partial charge in [-0.2, -0.15) is 0 Å². The fourth-order valence-corrected chi connectivity index (χ4v) is 1.65. The molecule has 2 heterocycles. The lowest BCUT2D eigenvalue weighted by Gasteiger charge is -2.09. The van der Waals surface area contributed by atoms with E-state index in [-0.39, 0.29) is 12.1 Å². The molecule has 2 N–H and O–H groups in total. The number of rotatable bonds is 5. The average molecular weight is 278 g/mol. The zero-order valence-corrected chi connectivity index (χ0v) is 11.2. The predicted molar refractivity (Wildman–Crippen MR) is 70.8 cm³/mol. The van der Waals surface area contributed by atoms with Gasteiger partial charge in [0, 0.05) is 6.54 Å². The summed E-state index contributed by atoms with van der Waals surface area (Å²) in [7, 11) is 0. The van der Waals surface area contributed by atoms with Crippen LogP contribution in [0.5, 0.6) is 0 Å². The number of carbonyl (C=O) groups excluding carboxylic acids is 1. The Morgan fingerprint density at radius 3 is 2.85 bits per heavy atom. The maximum atomic E-state index is 13.2. The molecule has 2 aromatic rings. The van der Waals surface area contributed by atoms with E-state index in [0.717, 1.165) is 12.3 Å². The Hall–Kier alpha value is -2.44. The number of nitrogens with one attached hydrogen (secondary N) is 2. The van der Waals surface area contributed by atoms with Crippen LogP contribution in [0.4, 0.5) is 10.2 Å². The zero-order valence-electron chi connectivity index (χ0n) is 11.2. The fourth-order valence-electron chi connectivity index (χ4n) is 1.65. The van der Waals surface area contributed by atoms with Crippen molar-refractivity contribution in [2.75, 3.05) is 11.9 Å². The summed E-state index contributed by atoms with van der Waals surface area (Å²) in [5.41, 5.74) is 0.148. The molecular formula is C13H15FN4O2. The number of hydrogen-bond donors (Lipinski definition) is 2. The molecule has 0 aliphatic carbocycles. The number of nitrogens with zero attached hydrogens (tertiary/aromatic N) is 2. The van der Waals surface area contributed by atoms with Crippen molar-refractivity contribution in [2.24, 2.45) is 0 Å². The van der Waals surface area contributed by atoms with E-state index < -0.39 is 11.7 Å². The predicted octanol–water partition coefficient (Wildman–Crippen LogP) is 1.88. The van der Waals surface area contributed by atoms with Crippen molar-refractivity contribution in [3.05, 3.63) is 41.5 Å². The molecule has 0 aromatic carbocycles. The minimum absolute atomic E-state index is 0.134. The Bertz CT molecular complexity index is 612. The van der Waals surface area contributed by atoms with E-state index in [1.54, 1.807) is 13.1 Å². The molecule has 2 aromatic heterocycles. The molecule has 1 amide bonds. The van der Waals surface area contributed by atoms with E-state index >= 15 is 0 Å². The van der Waals surface area contributed by atoms with Gasteiger partial charge in [-0.1, -0.05) is 0 Å². The van der Waals surface area contributed by atoms with Crippen LogP contribution in [0.25, 0.3) is 0 Å². The highest BCUT2D eigenvalue weighted by atomic mass is 19.1. The molecule has 2 rings (SSSR count). The molecule has 7 heteroatoms. The first-order chi connectivity index (χ1) is 9.60. The van der Waals surface area contributed by atoms with Crippen LogP contribution in [0.15, 0.2) is 22.9 Å². The molecule has 0 radical (unpaired) electrons. The Labute approximate surface area is 115 Å². The van der Waals surface area contributed by atoms with Crippen molar-refractivity contribution in [2.45, 2.75) is 20.4 Å².